The van der Waals surface area contributed by atoms with E-state index in [4.69, 9.17) is 5.73 Å². The Morgan fingerprint density at radius 3 is 2.29 bits per heavy atom. The number of carbonyl (C=O) groups is 1. The number of nitrogens with zero attached hydrogens (tertiary/aromatic N) is 3. The highest BCUT2D eigenvalue weighted by molar-refractivity contribution is 5.92. The Hall–Kier alpha value is -1.04. The van der Waals surface area contributed by atoms with Gasteiger partial charge in [-0.1, -0.05) is 6.42 Å². The van der Waals surface area contributed by atoms with Gasteiger partial charge in [0, 0.05) is 32.2 Å². The maximum Gasteiger partial charge on any atom is 0.272 e. The number of anilines is 1. The van der Waals surface area contributed by atoms with Gasteiger partial charge in [-0.3, -0.25) is 9.69 Å². The quantitative estimate of drug-likeness (QED) is 0.897. The highest BCUT2D eigenvalue weighted by Crippen LogP contribution is 2.25. The molecule has 118 valence electrons. The molecule has 1 aliphatic heterocycles. The van der Waals surface area contributed by atoms with Crippen molar-refractivity contribution < 1.29 is 4.79 Å². The van der Waals surface area contributed by atoms with Gasteiger partial charge in [-0.2, -0.15) is 0 Å². The van der Waals surface area contributed by atoms with Gasteiger partial charge in [0.15, 0.2) is 0 Å². The zero-order chi connectivity index (χ0) is 13.2. The minimum Gasteiger partial charge on any atom is -0.397 e. The van der Waals surface area contributed by atoms with Crippen molar-refractivity contribution in [2.75, 3.05) is 31.9 Å². The molecular formula is C14H22Cl2N4O. The molecule has 1 aromatic rings. The molecule has 1 saturated heterocycles. The normalized spacial score (nSPS) is 19.1. The standard InChI is InChI=1S/C14H20N4O.2ClH/c15-11-4-5-13(16-10-11)14(19)18-8-6-17(7-9-18)12-2-1-3-12;;/h4-5,10,12H,1-3,6-9,15H2;2*1H. The number of halogens is 2. The summed E-state index contributed by atoms with van der Waals surface area (Å²) >= 11 is 0. The molecule has 2 fully saturated rings. The molecule has 0 aromatic carbocycles. The first-order valence-electron chi connectivity index (χ1n) is 6.99. The van der Waals surface area contributed by atoms with E-state index in [-0.39, 0.29) is 30.7 Å². The van der Waals surface area contributed by atoms with E-state index in [9.17, 15) is 4.79 Å². The fourth-order valence-corrected chi connectivity index (χ4v) is 2.74. The first kappa shape index (κ1) is 18.0. The maximum absolute atomic E-state index is 12.3. The molecule has 2 aliphatic rings. The Labute approximate surface area is 137 Å². The van der Waals surface area contributed by atoms with Crippen molar-refractivity contribution in [2.45, 2.75) is 25.3 Å². The molecular weight excluding hydrogens is 311 g/mol. The van der Waals surface area contributed by atoms with Gasteiger partial charge in [-0.15, -0.1) is 24.8 Å². The van der Waals surface area contributed by atoms with E-state index in [1.807, 2.05) is 4.90 Å². The number of nitrogen functional groups attached to an aromatic ring is 1. The van der Waals surface area contributed by atoms with Gasteiger partial charge in [-0.05, 0) is 25.0 Å². The molecule has 0 bridgehead atoms. The van der Waals surface area contributed by atoms with Gasteiger partial charge in [-0.25, -0.2) is 4.98 Å². The van der Waals surface area contributed by atoms with Crippen LogP contribution in [-0.4, -0.2) is 52.9 Å². The molecule has 1 aliphatic carbocycles. The summed E-state index contributed by atoms with van der Waals surface area (Å²) < 4.78 is 0. The first-order valence-corrected chi connectivity index (χ1v) is 6.99. The average molecular weight is 333 g/mol. The second kappa shape index (κ2) is 7.82. The van der Waals surface area contributed by atoms with Crippen LogP contribution in [0.1, 0.15) is 29.8 Å². The van der Waals surface area contributed by atoms with Crippen molar-refractivity contribution >= 4 is 36.4 Å². The Morgan fingerprint density at radius 2 is 1.81 bits per heavy atom. The molecule has 0 spiro atoms. The van der Waals surface area contributed by atoms with Crippen LogP contribution in [0.5, 0.6) is 0 Å². The molecule has 5 nitrogen and oxygen atoms in total. The Bertz CT molecular complexity index is 457. The first-order chi connectivity index (χ1) is 9.24. The number of aromatic nitrogens is 1. The van der Waals surface area contributed by atoms with E-state index >= 15 is 0 Å². The lowest BCUT2D eigenvalue weighted by Gasteiger charge is -2.42. The van der Waals surface area contributed by atoms with E-state index in [0.717, 1.165) is 32.2 Å². The summed E-state index contributed by atoms with van der Waals surface area (Å²) in [5, 5.41) is 0. The van der Waals surface area contributed by atoms with Crippen LogP contribution in [0.2, 0.25) is 0 Å². The summed E-state index contributed by atoms with van der Waals surface area (Å²) in [6.07, 6.45) is 5.55. The average Bonchev–Trinajstić information content (AvgIpc) is 2.38. The van der Waals surface area contributed by atoms with E-state index < -0.39 is 0 Å². The monoisotopic (exact) mass is 332 g/mol. The number of piperazine rings is 1. The predicted molar refractivity (Wildman–Crippen MR) is 88.3 cm³/mol. The summed E-state index contributed by atoms with van der Waals surface area (Å²) in [6, 6.07) is 4.20. The number of hydrogen-bond donors (Lipinski definition) is 1. The molecule has 0 radical (unpaired) electrons. The highest BCUT2D eigenvalue weighted by Gasteiger charge is 2.29. The molecule has 2 heterocycles. The second-order valence-corrected chi connectivity index (χ2v) is 5.39. The summed E-state index contributed by atoms with van der Waals surface area (Å²) in [4.78, 5) is 20.8. The third kappa shape index (κ3) is 3.99. The largest absolute Gasteiger partial charge is 0.397 e. The summed E-state index contributed by atoms with van der Waals surface area (Å²) in [5.41, 5.74) is 6.67. The molecule has 7 heteroatoms. The van der Waals surface area contributed by atoms with Crippen molar-refractivity contribution in [1.29, 1.82) is 0 Å². The Morgan fingerprint density at radius 1 is 1.14 bits per heavy atom. The minimum atomic E-state index is 0. The lowest BCUT2D eigenvalue weighted by Crippen LogP contribution is -2.53. The van der Waals surface area contributed by atoms with Gasteiger partial charge in [0.1, 0.15) is 5.69 Å². The third-order valence-corrected chi connectivity index (χ3v) is 4.20. The number of rotatable bonds is 2. The number of carbonyl (C=O) groups excluding carboxylic acids is 1. The van der Waals surface area contributed by atoms with Crippen LogP contribution in [0.15, 0.2) is 18.3 Å². The summed E-state index contributed by atoms with van der Waals surface area (Å²) in [7, 11) is 0. The summed E-state index contributed by atoms with van der Waals surface area (Å²) in [6.45, 7) is 3.60. The van der Waals surface area contributed by atoms with Crippen molar-refractivity contribution in [3.8, 4) is 0 Å². The van der Waals surface area contributed by atoms with Crippen LogP contribution in [0.25, 0.3) is 0 Å². The Balaban J connectivity index is 0.00000110. The van der Waals surface area contributed by atoms with Crippen molar-refractivity contribution in [2.24, 2.45) is 0 Å². The number of amides is 1. The summed E-state index contributed by atoms with van der Waals surface area (Å²) in [5.74, 6) is 0.0215. The van der Waals surface area contributed by atoms with Crippen LogP contribution in [0, 0.1) is 0 Å². The van der Waals surface area contributed by atoms with Gasteiger partial charge < -0.3 is 10.6 Å². The van der Waals surface area contributed by atoms with Crippen molar-refractivity contribution in [3.05, 3.63) is 24.0 Å². The number of nitrogens with two attached hydrogens (primary N) is 1. The molecule has 1 aromatic heterocycles. The van der Waals surface area contributed by atoms with Gasteiger partial charge in [0.05, 0.1) is 11.9 Å². The predicted octanol–water partition coefficient (Wildman–Crippen LogP) is 1.82. The lowest BCUT2D eigenvalue weighted by atomic mass is 9.91. The molecule has 21 heavy (non-hydrogen) atoms. The van der Waals surface area contributed by atoms with Gasteiger partial charge >= 0.3 is 0 Å². The fraction of sp³-hybridized carbons (Fsp3) is 0.571. The van der Waals surface area contributed by atoms with Crippen LogP contribution in [0.3, 0.4) is 0 Å². The van der Waals surface area contributed by atoms with Gasteiger partial charge in [0.25, 0.3) is 5.91 Å². The van der Waals surface area contributed by atoms with Crippen LogP contribution < -0.4 is 5.73 Å². The van der Waals surface area contributed by atoms with E-state index in [0.29, 0.717) is 11.4 Å². The topological polar surface area (TPSA) is 62.5 Å². The SMILES string of the molecule is Cl.Cl.Nc1ccc(C(=O)N2CCN(C3CCC3)CC2)nc1. The van der Waals surface area contributed by atoms with E-state index in [1.54, 1.807) is 12.1 Å². The van der Waals surface area contributed by atoms with Crippen LogP contribution >= 0.6 is 24.8 Å². The van der Waals surface area contributed by atoms with Gasteiger partial charge in [0.2, 0.25) is 0 Å². The van der Waals surface area contributed by atoms with E-state index in [2.05, 4.69) is 9.88 Å². The van der Waals surface area contributed by atoms with Crippen LogP contribution in [0.4, 0.5) is 5.69 Å². The fourth-order valence-electron chi connectivity index (χ4n) is 2.74. The number of pyridine rings is 1. The van der Waals surface area contributed by atoms with E-state index in [1.165, 1.54) is 25.5 Å². The van der Waals surface area contributed by atoms with Crippen LogP contribution in [-0.2, 0) is 0 Å². The third-order valence-electron chi connectivity index (χ3n) is 4.20. The molecule has 0 atom stereocenters. The van der Waals surface area contributed by atoms with Crippen molar-refractivity contribution in [3.63, 3.8) is 0 Å². The second-order valence-electron chi connectivity index (χ2n) is 5.39. The zero-order valence-corrected chi connectivity index (χ0v) is 13.5. The minimum absolute atomic E-state index is 0. The maximum atomic E-state index is 12.3. The Kier molecular flexibility index (Phi) is 6.71. The smallest absolute Gasteiger partial charge is 0.272 e. The van der Waals surface area contributed by atoms with Crippen molar-refractivity contribution in [1.82, 2.24) is 14.8 Å². The molecule has 1 amide bonds. The molecule has 2 N–H and O–H groups in total. The highest BCUT2D eigenvalue weighted by atomic mass is 35.5. The molecule has 0 unspecified atom stereocenters. The number of hydrogen-bond acceptors (Lipinski definition) is 4. The zero-order valence-electron chi connectivity index (χ0n) is 11.9. The molecule has 1 saturated carbocycles. The molecule has 3 rings (SSSR count). The lowest BCUT2D eigenvalue weighted by molar-refractivity contribution is 0.0451.